The number of hydrogen-bond acceptors (Lipinski definition) is 11. The number of amides is 3. The SMILES string of the molecule is C.CC(C)(C)OC(=O)N1CCC[C@H]1C(=O)Nc1ccc(-c2nc3ccc([N+](=O)[O-])cc3[nH]2)cc1.Cl.O=C(Nc1ccc(-c2nc3ccc([N+](=O)[O-])cc3[nH]2)cc1)[C@@H]1CCCN1. The number of halogens is 1. The van der Waals surface area contributed by atoms with Gasteiger partial charge in [-0.15, -0.1) is 12.4 Å². The molecule has 2 aliphatic heterocycles. The lowest BCUT2D eigenvalue weighted by Crippen LogP contribution is -2.45. The number of H-pyrrole nitrogens is 2. The van der Waals surface area contributed by atoms with Crippen LogP contribution in [0.5, 0.6) is 0 Å². The fourth-order valence-electron chi connectivity index (χ4n) is 6.86. The van der Waals surface area contributed by atoms with Crippen molar-refractivity contribution in [3.8, 4) is 22.8 Å². The lowest BCUT2D eigenvalue weighted by molar-refractivity contribution is -0.384. The first kappa shape index (κ1) is 45.2. The topological polar surface area (TPSA) is 243 Å². The van der Waals surface area contributed by atoms with Crippen LogP contribution < -0.4 is 16.0 Å². The van der Waals surface area contributed by atoms with E-state index < -0.39 is 27.6 Å². The van der Waals surface area contributed by atoms with E-state index in [0.717, 1.165) is 42.6 Å². The van der Waals surface area contributed by atoms with Gasteiger partial charge in [-0.25, -0.2) is 14.8 Å². The number of imidazole rings is 2. The van der Waals surface area contributed by atoms with Gasteiger partial charge < -0.3 is 30.7 Å². The van der Waals surface area contributed by atoms with E-state index in [1.165, 1.54) is 29.2 Å². The highest BCUT2D eigenvalue weighted by Gasteiger charge is 2.36. The third-order valence-electron chi connectivity index (χ3n) is 9.76. The Hall–Kier alpha value is -6.92. The Morgan fingerprint density at radius 1 is 0.738 bits per heavy atom. The van der Waals surface area contributed by atoms with Gasteiger partial charge in [-0.1, -0.05) is 7.43 Å². The highest BCUT2D eigenvalue weighted by Crippen LogP contribution is 2.28. The maximum Gasteiger partial charge on any atom is 0.410 e. The minimum absolute atomic E-state index is 0. The van der Waals surface area contributed by atoms with Crippen molar-refractivity contribution in [2.24, 2.45) is 0 Å². The Morgan fingerprint density at radius 2 is 1.23 bits per heavy atom. The predicted molar refractivity (Wildman–Crippen MR) is 235 cm³/mol. The van der Waals surface area contributed by atoms with Crippen LogP contribution in [0.15, 0.2) is 84.9 Å². The summed E-state index contributed by atoms with van der Waals surface area (Å²) in [5.41, 5.74) is 4.76. The van der Waals surface area contributed by atoms with Gasteiger partial charge >= 0.3 is 6.09 Å². The van der Waals surface area contributed by atoms with Crippen molar-refractivity contribution in [1.29, 1.82) is 0 Å². The zero-order chi connectivity index (χ0) is 41.8. The van der Waals surface area contributed by atoms with Crippen LogP contribution in [0, 0.1) is 20.2 Å². The van der Waals surface area contributed by atoms with Crippen molar-refractivity contribution in [1.82, 2.24) is 30.2 Å². The van der Waals surface area contributed by atoms with Crippen molar-refractivity contribution >= 4 is 75.1 Å². The summed E-state index contributed by atoms with van der Waals surface area (Å²) in [6.07, 6.45) is 2.70. The standard InChI is InChI=1S/C23H25N5O5.C18H17N5O3.CH4.ClH/c1-23(2,3)33-22(30)27-12-4-5-19(27)21(29)24-15-8-6-14(7-9-15)20-25-17-11-10-16(28(31)32)13-18(17)26-20;24-18(15-2-1-9-19-15)20-12-5-3-11(4-6-12)17-21-14-8-7-13(23(25)26)10-16(14)22-17;;/h6-11,13,19H,4-5,12H2,1-3H3,(H,24,29)(H,25,26);3-8,10,15,19H,1-2,9H2,(H,20,24)(H,21,22);1H4;1H/t19-;15-;;/m00../s1. The second-order valence-corrected chi connectivity index (χ2v) is 15.2. The molecule has 2 fully saturated rings. The van der Waals surface area contributed by atoms with Gasteiger partial charge in [-0.05, 0) is 114 Å². The van der Waals surface area contributed by atoms with Crippen LogP contribution in [-0.4, -0.2) is 83.4 Å². The van der Waals surface area contributed by atoms with Crippen LogP contribution in [0.4, 0.5) is 27.5 Å². The average Bonchev–Trinajstić information content (AvgIpc) is 4.04. The molecule has 2 saturated heterocycles. The number of non-ortho nitro benzene ring substituents is 2. The maximum atomic E-state index is 12.8. The summed E-state index contributed by atoms with van der Waals surface area (Å²) in [4.78, 5) is 74.9. The van der Waals surface area contributed by atoms with Crippen molar-refractivity contribution in [2.75, 3.05) is 23.7 Å². The number of nitrogens with one attached hydrogen (secondary N) is 5. The predicted octanol–water partition coefficient (Wildman–Crippen LogP) is 8.36. The van der Waals surface area contributed by atoms with Gasteiger partial charge in [0.25, 0.3) is 11.4 Å². The molecule has 0 aliphatic carbocycles. The number of ether oxygens (including phenoxy) is 1. The van der Waals surface area contributed by atoms with E-state index in [-0.39, 0.29) is 49.1 Å². The highest BCUT2D eigenvalue weighted by atomic mass is 35.5. The quantitative estimate of drug-likeness (QED) is 0.0719. The van der Waals surface area contributed by atoms with Crippen LogP contribution in [0.3, 0.4) is 0 Å². The molecule has 0 bridgehead atoms. The van der Waals surface area contributed by atoms with Gasteiger partial charge in [-0.3, -0.25) is 34.7 Å². The molecule has 0 saturated carbocycles. The molecule has 3 amide bonds. The van der Waals surface area contributed by atoms with Gasteiger partial charge in [0.2, 0.25) is 11.8 Å². The molecular weight excluding hydrogens is 808 g/mol. The minimum Gasteiger partial charge on any atom is -0.444 e. The molecule has 6 aromatic rings. The molecule has 18 nitrogen and oxygen atoms in total. The van der Waals surface area contributed by atoms with E-state index >= 15 is 0 Å². The molecule has 0 radical (unpaired) electrons. The van der Waals surface area contributed by atoms with Crippen LogP contribution in [0.1, 0.15) is 53.9 Å². The molecule has 5 N–H and O–H groups in total. The van der Waals surface area contributed by atoms with Crippen LogP contribution in [0.25, 0.3) is 44.8 Å². The van der Waals surface area contributed by atoms with Crippen LogP contribution >= 0.6 is 12.4 Å². The summed E-state index contributed by atoms with van der Waals surface area (Å²) in [6, 6.07) is 22.7. The number of hydrogen-bond donors (Lipinski definition) is 5. The number of benzene rings is 4. The Balaban J connectivity index is 0.000000229. The summed E-state index contributed by atoms with van der Waals surface area (Å²) in [5, 5.41) is 30.8. The van der Waals surface area contributed by atoms with Gasteiger partial charge in [0.05, 0.1) is 38.0 Å². The van der Waals surface area contributed by atoms with E-state index in [4.69, 9.17) is 4.74 Å². The Morgan fingerprint density at radius 3 is 1.67 bits per heavy atom. The summed E-state index contributed by atoms with van der Waals surface area (Å²) >= 11 is 0. The molecule has 0 spiro atoms. The largest absolute Gasteiger partial charge is 0.444 e. The zero-order valence-corrected chi connectivity index (χ0v) is 33.7. The summed E-state index contributed by atoms with van der Waals surface area (Å²) in [5.74, 6) is 0.902. The monoisotopic (exact) mass is 854 g/mol. The molecule has 19 heteroatoms. The zero-order valence-electron chi connectivity index (χ0n) is 32.9. The second-order valence-electron chi connectivity index (χ2n) is 15.2. The van der Waals surface area contributed by atoms with Gasteiger partial charge in [0, 0.05) is 53.3 Å². The second kappa shape index (κ2) is 19.0. The number of rotatable bonds is 8. The van der Waals surface area contributed by atoms with E-state index in [1.54, 1.807) is 57.2 Å². The first-order chi connectivity index (χ1) is 28.2. The molecule has 2 aliphatic rings. The fourth-order valence-corrected chi connectivity index (χ4v) is 6.86. The molecule has 0 unspecified atom stereocenters. The molecule has 4 heterocycles. The smallest absolute Gasteiger partial charge is 0.410 e. The number of nitrogens with zero attached hydrogens (tertiary/aromatic N) is 5. The molecule has 8 rings (SSSR count). The average molecular weight is 855 g/mol. The first-order valence-electron chi connectivity index (χ1n) is 19.0. The van der Waals surface area contributed by atoms with E-state index in [0.29, 0.717) is 52.4 Å². The fraction of sp³-hybridized carbons (Fsp3) is 0.310. The lowest BCUT2D eigenvalue weighted by Gasteiger charge is -2.28. The summed E-state index contributed by atoms with van der Waals surface area (Å²) < 4.78 is 5.42. The van der Waals surface area contributed by atoms with Gasteiger partial charge in [0.15, 0.2) is 0 Å². The molecule has 2 aromatic heterocycles. The number of fused-ring (bicyclic) bond motifs is 2. The molecule has 61 heavy (non-hydrogen) atoms. The van der Waals surface area contributed by atoms with Crippen molar-refractivity contribution in [2.45, 2.75) is 71.6 Å². The number of nitro benzene ring substituents is 2. The maximum absolute atomic E-state index is 12.8. The lowest BCUT2D eigenvalue weighted by atomic mass is 10.1. The Kier molecular flexibility index (Phi) is 14.1. The Bertz CT molecular complexity index is 2550. The Labute approximate surface area is 356 Å². The normalized spacial score (nSPS) is 15.8. The molecular formula is C42H47ClN10O8. The molecule has 2 atom stereocenters. The highest BCUT2D eigenvalue weighted by molar-refractivity contribution is 5.97. The van der Waals surface area contributed by atoms with Gasteiger partial charge in [0.1, 0.15) is 23.3 Å². The third kappa shape index (κ3) is 10.8. The number of nitro groups is 2. The van der Waals surface area contributed by atoms with E-state index in [1.807, 2.05) is 24.3 Å². The first-order valence-corrected chi connectivity index (χ1v) is 19.0. The van der Waals surface area contributed by atoms with Crippen molar-refractivity contribution in [3.63, 3.8) is 0 Å². The number of anilines is 2. The van der Waals surface area contributed by atoms with Crippen molar-refractivity contribution < 1.29 is 29.0 Å². The van der Waals surface area contributed by atoms with Crippen LogP contribution in [0.2, 0.25) is 0 Å². The number of aromatic nitrogens is 4. The number of aromatic amines is 2. The van der Waals surface area contributed by atoms with E-state index in [2.05, 4.69) is 35.9 Å². The minimum atomic E-state index is -0.627. The number of carbonyl (C=O) groups excluding carboxylic acids is 3. The number of likely N-dealkylation sites (tertiary alicyclic amines) is 1. The third-order valence-corrected chi connectivity index (χ3v) is 9.76. The molecule has 4 aromatic carbocycles. The van der Waals surface area contributed by atoms with Crippen molar-refractivity contribution in [3.05, 3.63) is 105 Å². The van der Waals surface area contributed by atoms with E-state index in [9.17, 15) is 34.6 Å². The summed E-state index contributed by atoms with van der Waals surface area (Å²) in [7, 11) is 0. The van der Waals surface area contributed by atoms with Crippen LogP contribution in [-0.2, 0) is 14.3 Å². The molecule has 320 valence electrons. The van der Waals surface area contributed by atoms with Gasteiger partial charge in [-0.2, -0.15) is 0 Å². The number of carbonyl (C=O) groups is 3. The summed E-state index contributed by atoms with van der Waals surface area (Å²) in [6.45, 7) is 6.74.